The molecule has 12 nitrogen and oxygen atoms in total. The van der Waals surface area contributed by atoms with E-state index >= 15 is 0 Å². The largest absolute Gasteiger partial charge is 0.456 e. The number of carbonyl (C=O) groups is 1. The molecule has 2 saturated heterocycles. The average Bonchev–Trinajstić information content (AvgIpc) is 3.66. The van der Waals surface area contributed by atoms with Crippen molar-refractivity contribution in [3.63, 3.8) is 0 Å². The van der Waals surface area contributed by atoms with Crippen molar-refractivity contribution in [2.75, 3.05) is 58.3 Å². The standard InChI is InChI=1S/C27H28ClFN8O4/c1-4-21(38)36-7-9-37(10-8-36)25-15-5-6-30-26(41-24-16-12-31-34-18(16)11-17(29)22(24)28)23(15)32-27(33-25)40-20-14-35(2)13-19(20)39-3/h4-6,11-12,19-20H,1,7-10,13-14H2,2-3H3,(H,31,34)/t19-,20-/m1/s1/i2D3. The van der Waals surface area contributed by atoms with Crippen LogP contribution in [0.25, 0.3) is 21.8 Å². The van der Waals surface area contributed by atoms with E-state index < -0.39 is 25.0 Å². The number of hydrogen-bond donors (Lipinski definition) is 1. The number of methoxy groups -OCH3 is 1. The minimum atomic E-state index is -2.33. The van der Waals surface area contributed by atoms with Crippen LogP contribution >= 0.6 is 11.6 Å². The molecule has 0 bridgehead atoms. The number of carbonyl (C=O) groups excluding carboxylic acids is 1. The number of nitrogens with one attached hydrogen (secondary N) is 1. The second kappa shape index (κ2) is 11.1. The summed E-state index contributed by atoms with van der Waals surface area (Å²) >= 11 is 6.32. The van der Waals surface area contributed by atoms with Crippen LogP contribution in [0.5, 0.6) is 17.6 Å². The molecule has 214 valence electrons. The molecule has 14 heteroatoms. The Morgan fingerprint density at radius 2 is 2.05 bits per heavy atom. The third-order valence-corrected chi connectivity index (χ3v) is 7.53. The molecule has 3 aromatic heterocycles. The average molecular weight is 586 g/mol. The molecule has 5 heterocycles. The summed E-state index contributed by atoms with van der Waals surface area (Å²) < 4.78 is 56.0. The number of piperazine rings is 1. The molecule has 2 fully saturated rings. The number of fused-ring (bicyclic) bond motifs is 2. The van der Waals surface area contributed by atoms with Crippen LogP contribution in [0.3, 0.4) is 0 Å². The number of anilines is 1. The third kappa shape index (κ3) is 5.11. The molecule has 6 rings (SSSR count). The zero-order valence-electron chi connectivity index (χ0n) is 25.0. The number of likely N-dealkylation sites (N-methyl/N-ethyl adjacent to an activating group) is 1. The molecule has 1 aromatic carbocycles. The molecular formula is C27H28ClFN8O4. The van der Waals surface area contributed by atoms with E-state index in [1.54, 1.807) is 11.0 Å². The van der Waals surface area contributed by atoms with Gasteiger partial charge in [-0.25, -0.2) is 9.37 Å². The Morgan fingerprint density at radius 1 is 1.24 bits per heavy atom. The molecule has 0 saturated carbocycles. The van der Waals surface area contributed by atoms with Gasteiger partial charge in [-0.2, -0.15) is 15.1 Å². The van der Waals surface area contributed by atoms with Crippen molar-refractivity contribution in [3.05, 3.63) is 48.0 Å². The Balaban J connectivity index is 1.42. The van der Waals surface area contributed by atoms with Crippen LogP contribution in [0.1, 0.15) is 4.11 Å². The number of hydrogen-bond acceptors (Lipinski definition) is 10. The molecule has 0 spiro atoms. The highest BCUT2D eigenvalue weighted by Gasteiger charge is 2.34. The van der Waals surface area contributed by atoms with Crippen molar-refractivity contribution in [2.24, 2.45) is 0 Å². The van der Waals surface area contributed by atoms with Gasteiger partial charge < -0.3 is 24.0 Å². The second-order valence-electron chi connectivity index (χ2n) is 9.63. The maximum Gasteiger partial charge on any atom is 0.319 e. The Labute approximate surface area is 243 Å². The van der Waals surface area contributed by atoms with Crippen LogP contribution in [-0.4, -0.2) is 106 Å². The van der Waals surface area contributed by atoms with E-state index in [4.69, 9.17) is 34.9 Å². The Morgan fingerprint density at radius 3 is 2.80 bits per heavy atom. The van der Waals surface area contributed by atoms with E-state index in [1.165, 1.54) is 36.5 Å². The number of pyridine rings is 1. The molecule has 0 radical (unpaired) electrons. The van der Waals surface area contributed by atoms with Crippen LogP contribution in [0, 0.1) is 5.82 Å². The maximum absolute atomic E-state index is 14.7. The van der Waals surface area contributed by atoms with E-state index in [2.05, 4.69) is 26.7 Å². The summed E-state index contributed by atoms with van der Waals surface area (Å²) in [5.41, 5.74) is 0.618. The van der Waals surface area contributed by atoms with Gasteiger partial charge in [-0.1, -0.05) is 18.2 Å². The minimum absolute atomic E-state index is 0.00171. The van der Waals surface area contributed by atoms with Gasteiger partial charge in [0.2, 0.25) is 11.8 Å². The quantitative estimate of drug-likeness (QED) is 0.324. The Bertz CT molecular complexity index is 1730. The summed E-state index contributed by atoms with van der Waals surface area (Å²) in [5, 5.41) is 7.40. The van der Waals surface area contributed by atoms with Crippen molar-refractivity contribution in [3.8, 4) is 17.6 Å². The van der Waals surface area contributed by atoms with Crippen LogP contribution in [0.15, 0.2) is 37.2 Å². The van der Waals surface area contributed by atoms with Crippen LogP contribution in [0.2, 0.25) is 5.02 Å². The van der Waals surface area contributed by atoms with Crippen molar-refractivity contribution >= 4 is 45.1 Å². The number of halogens is 2. The maximum atomic E-state index is 14.7. The van der Waals surface area contributed by atoms with Gasteiger partial charge >= 0.3 is 6.01 Å². The summed E-state index contributed by atoms with van der Waals surface area (Å²) in [6.45, 7) is 3.19. The molecule has 1 amide bonds. The normalized spacial score (nSPS) is 21.1. The van der Waals surface area contributed by atoms with E-state index in [0.29, 0.717) is 48.3 Å². The molecule has 2 aliphatic heterocycles. The predicted molar refractivity (Wildman–Crippen MR) is 150 cm³/mol. The molecule has 41 heavy (non-hydrogen) atoms. The topological polar surface area (TPSA) is 122 Å². The number of amides is 1. The first-order chi connectivity index (χ1) is 21.1. The van der Waals surface area contributed by atoms with Crippen molar-refractivity contribution in [1.29, 1.82) is 0 Å². The number of benzene rings is 1. The van der Waals surface area contributed by atoms with Gasteiger partial charge in [0.05, 0.1) is 22.5 Å². The van der Waals surface area contributed by atoms with E-state index in [9.17, 15) is 9.18 Å². The number of ether oxygens (including phenoxy) is 3. The van der Waals surface area contributed by atoms with Crippen molar-refractivity contribution in [1.82, 2.24) is 34.9 Å². The van der Waals surface area contributed by atoms with Crippen LogP contribution in [-0.2, 0) is 9.53 Å². The van der Waals surface area contributed by atoms with Gasteiger partial charge in [-0.05, 0) is 19.1 Å². The fourth-order valence-corrected chi connectivity index (χ4v) is 5.25. The van der Waals surface area contributed by atoms with Crippen molar-refractivity contribution < 1.29 is 27.5 Å². The van der Waals surface area contributed by atoms with Gasteiger partial charge in [-0.15, -0.1) is 0 Å². The zero-order valence-corrected chi connectivity index (χ0v) is 22.8. The minimum Gasteiger partial charge on any atom is -0.456 e. The number of aromatic amines is 1. The first-order valence-corrected chi connectivity index (χ1v) is 13.2. The lowest BCUT2D eigenvalue weighted by Crippen LogP contribution is -2.48. The Hall–Kier alpha value is -4.07. The molecule has 1 N–H and O–H groups in total. The van der Waals surface area contributed by atoms with Gasteiger partial charge in [0, 0.05) is 62.8 Å². The van der Waals surface area contributed by atoms with Crippen LogP contribution < -0.4 is 14.4 Å². The first-order valence-electron chi connectivity index (χ1n) is 14.3. The number of rotatable bonds is 7. The fourth-order valence-electron chi connectivity index (χ4n) is 5.05. The molecule has 0 aliphatic carbocycles. The summed E-state index contributed by atoms with van der Waals surface area (Å²) in [6.07, 6.45) is 2.99. The summed E-state index contributed by atoms with van der Waals surface area (Å²) in [6, 6.07) is 2.87. The molecule has 0 unspecified atom stereocenters. The second-order valence-corrected chi connectivity index (χ2v) is 10.0. The van der Waals surface area contributed by atoms with E-state index in [1.807, 2.05) is 4.90 Å². The number of aromatic nitrogens is 5. The predicted octanol–water partition coefficient (Wildman–Crippen LogP) is 3.03. The summed E-state index contributed by atoms with van der Waals surface area (Å²) in [7, 11) is 1.48. The third-order valence-electron chi connectivity index (χ3n) is 7.17. The van der Waals surface area contributed by atoms with E-state index in [-0.39, 0.29) is 47.2 Å². The lowest BCUT2D eigenvalue weighted by Gasteiger charge is -2.35. The lowest BCUT2D eigenvalue weighted by atomic mass is 10.2. The van der Waals surface area contributed by atoms with Gasteiger partial charge in [-0.3, -0.25) is 14.8 Å². The highest BCUT2D eigenvalue weighted by Crippen LogP contribution is 2.40. The lowest BCUT2D eigenvalue weighted by molar-refractivity contribution is -0.126. The van der Waals surface area contributed by atoms with Gasteiger partial charge in [0.1, 0.15) is 34.4 Å². The molecule has 4 aromatic rings. The molecule has 2 atom stereocenters. The highest BCUT2D eigenvalue weighted by molar-refractivity contribution is 6.33. The number of likely N-dealkylation sites (tertiary alicyclic amines) is 1. The van der Waals surface area contributed by atoms with Gasteiger partial charge in [0.15, 0.2) is 5.75 Å². The smallest absolute Gasteiger partial charge is 0.319 e. The highest BCUT2D eigenvalue weighted by atomic mass is 35.5. The van der Waals surface area contributed by atoms with Crippen molar-refractivity contribution in [2.45, 2.75) is 12.2 Å². The summed E-state index contributed by atoms with van der Waals surface area (Å²) in [4.78, 5) is 30.9. The van der Waals surface area contributed by atoms with E-state index in [0.717, 1.165) is 0 Å². The van der Waals surface area contributed by atoms with Crippen LogP contribution in [0.4, 0.5) is 10.2 Å². The Kier molecular flexibility index (Phi) is 6.38. The fraction of sp³-hybridized carbons (Fsp3) is 0.370. The SMILES string of the molecule is [2H]C([2H])([2H])N1C[C@@H](OC)[C@H](Oc2nc(N3CCN(C(=O)C=C)CC3)c3ccnc(Oc4c(Cl)c(F)cc5[nH]ncc45)c3n2)C1. The number of H-pyrrole nitrogens is 1. The first kappa shape index (κ1) is 23.6. The molecule has 2 aliphatic rings. The zero-order chi connectivity index (χ0) is 31.2. The molecular weight excluding hydrogens is 555 g/mol. The van der Waals surface area contributed by atoms with Gasteiger partial charge in [0.25, 0.3) is 0 Å². The summed E-state index contributed by atoms with van der Waals surface area (Å²) in [5.74, 6) is -0.385. The monoisotopic (exact) mass is 585 g/mol. The number of nitrogens with zero attached hydrogens (tertiary/aromatic N) is 7.